The van der Waals surface area contributed by atoms with E-state index in [-0.39, 0.29) is 18.4 Å². The fraction of sp³-hybridized carbons (Fsp3) is 0.389. The normalized spacial score (nSPS) is 29.4. The summed E-state index contributed by atoms with van der Waals surface area (Å²) in [6.07, 6.45) is 6.59. The number of hydrogen-bond acceptors (Lipinski definition) is 3. The second kappa shape index (κ2) is 5.22. The number of rotatable bonds is 3. The molecule has 3 heterocycles. The SMILES string of the molecule is O=C(Cc1c[nH]c2ccccc12)N1CC2C=CC1C(O)(CO)C2. The quantitative estimate of drug-likeness (QED) is 0.746. The zero-order valence-corrected chi connectivity index (χ0v) is 12.8. The average Bonchev–Trinajstić information content (AvgIpc) is 2.98. The molecule has 1 saturated heterocycles. The number of aromatic amines is 1. The third kappa shape index (κ3) is 2.28. The van der Waals surface area contributed by atoms with E-state index in [0.29, 0.717) is 19.4 Å². The molecule has 1 fully saturated rings. The zero-order chi connectivity index (χ0) is 16.0. The highest BCUT2D eigenvalue weighted by atomic mass is 16.3. The van der Waals surface area contributed by atoms with Gasteiger partial charge in [0.1, 0.15) is 5.60 Å². The Morgan fingerprint density at radius 3 is 2.96 bits per heavy atom. The minimum Gasteiger partial charge on any atom is -0.393 e. The van der Waals surface area contributed by atoms with Gasteiger partial charge >= 0.3 is 0 Å². The fourth-order valence-corrected chi connectivity index (χ4v) is 3.93. The number of benzene rings is 1. The van der Waals surface area contributed by atoms with Crippen LogP contribution in [0.5, 0.6) is 0 Å². The summed E-state index contributed by atoms with van der Waals surface area (Å²) in [6, 6.07) is 7.47. The molecule has 5 heteroatoms. The van der Waals surface area contributed by atoms with Gasteiger partial charge in [-0.1, -0.05) is 30.4 Å². The molecule has 2 bridgehead atoms. The number of carbonyl (C=O) groups is 1. The van der Waals surface area contributed by atoms with E-state index in [0.717, 1.165) is 16.5 Å². The second-order valence-electron chi connectivity index (χ2n) is 6.64. The summed E-state index contributed by atoms with van der Waals surface area (Å²) in [6.45, 7) is 0.292. The monoisotopic (exact) mass is 312 g/mol. The van der Waals surface area contributed by atoms with E-state index in [1.165, 1.54) is 0 Å². The van der Waals surface area contributed by atoms with E-state index < -0.39 is 11.6 Å². The molecule has 2 aromatic rings. The van der Waals surface area contributed by atoms with Gasteiger partial charge in [-0.15, -0.1) is 0 Å². The Balaban J connectivity index is 1.59. The summed E-state index contributed by atoms with van der Waals surface area (Å²) in [4.78, 5) is 17.7. The van der Waals surface area contributed by atoms with Gasteiger partial charge in [0.05, 0.1) is 19.1 Å². The minimum atomic E-state index is -1.21. The lowest BCUT2D eigenvalue weighted by molar-refractivity contribution is -0.152. The van der Waals surface area contributed by atoms with Gasteiger partial charge in [0.25, 0.3) is 0 Å². The van der Waals surface area contributed by atoms with Crippen molar-refractivity contribution >= 4 is 16.8 Å². The molecule has 1 amide bonds. The highest BCUT2D eigenvalue weighted by Crippen LogP contribution is 2.37. The number of carbonyl (C=O) groups excluding carboxylic acids is 1. The molecule has 3 aliphatic rings. The van der Waals surface area contributed by atoms with E-state index >= 15 is 0 Å². The summed E-state index contributed by atoms with van der Waals surface area (Å²) in [5, 5.41) is 21.2. The van der Waals surface area contributed by atoms with Gasteiger partial charge in [-0.3, -0.25) is 4.79 Å². The summed E-state index contributed by atoms with van der Waals surface area (Å²) < 4.78 is 0. The molecule has 0 spiro atoms. The van der Waals surface area contributed by atoms with Crippen LogP contribution >= 0.6 is 0 Å². The Morgan fingerprint density at radius 1 is 1.35 bits per heavy atom. The summed E-state index contributed by atoms with van der Waals surface area (Å²) in [7, 11) is 0. The maximum Gasteiger partial charge on any atom is 0.227 e. The molecule has 0 radical (unpaired) electrons. The van der Waals surface area contributed by atoms with Crippen LogP contribution in [0, 0.1) is 5.92 Å². The average molecular weight is 312 g/mol. The lowest BCUT2D eigenvalue weighted by Gasteiger charge is -2.50. The second-order valence-corrected chi connectivity index (χ2v) is 6.64. The van der Waals surface area contributed by atoms with Crippen molar-refractivity contribution in [3.8, 4) is 0 Å². The number of para-hydroxylation sites is 1. The maximum atomic E-state index is 12.8. The number of nitrogens with zero attached hydrogens (tertiary/aromatic N) is 1. The van der Waals surface area contributed by atoms with Crippen molar-refractivity contribution in [2.24, 2.45) is 5.92 Å². The predicted molar refractivity (Wildman–Crippen MR) is 86.8 cm³/mol. The van der Waals surface area contributed by atoms with Crippen LogP contribution in [0.4, 0.5) is 0 Å². The number of aromatic nitrogens is 1. The van der Waals surface area contributed by atoms with E-state index in [9.17, 15) is 15.0 Å². The first-order chi connectivity index (χ1) is 11.1. The molecule has 23 heavy (non-hydrogen) atoms. The van der Waals surface area contributed by atoms with Crippen LogP contribution in [-0.2, 0) is 11.2 Å². The predicted octanol–water partition coefficient (Wildman–Crippen LogP) is 1.22. The third-order valence-electron chi connectivity index (χ3n) is 5.11. The molecular weight excluding hydrogens is 292 g/mol. The van der Waals surface area contributed by atoms with Crippen molar-refractivity contribution in [3.63, 3.8) is 0 Å². The zero-order valence-electron chi connectivity index (χ0n) is 12.8. The smallest absolute Gasteiger partial charge is 0.227 e. The highest BCUT2D eigenvalue weighted by Gasteiger charge is 2.48. The number of nitrogens with one attached hydrogen (secondary N) is 1. The van der Waals surface area contributed by atoms with Crippen LogP contribution in [0.3, 0.4) is 0 Å². The summed E-state index contributed by atoms with van der Waals surface area (Å²) >= 11 is 0. The number of fused-ring (bicyclic) bond motifs is 3. The van der Waals surface area contributed by atoms with E-state index in [4.69, 9.17) is 0 Å². The Morgan fingerprint density at radius 2 is 2.17 bits per heavy atom. The first-order valence-corrected chi connectivity index (χ1v) is 7.97. The number of H-pyrrole nitrogens is 1. The van der Waals surface area contributed by atoms with E-state index in [1.807, 2.05) is 42.6 Å². The van der Waals surface area contributed by atoms with Crippen molar-refractivity contribution in [2.75, 3.05) is 13.2 Å². The molecule has 0 saturated carbocycles. The first kappa shape index (κ1) is 14.5. The van der Waals surface area contributed by atoms with Gasteiger partial charge < -0.3 is 20.1 Å². The van der Waals surface area contributed by atoms with Gasteiger partial charge in [-0.05, 0) is 24.0 Å². The Hall–Kier alpha value is -2.11. The molecule has 1 aliphatic carbocycles. The van der Waals surface area contributed by atoms with Gasteiger partial charge in [0.15, 0.2) is 0 Å². The third-order valence-corrected chi connectivity index (χ3v) is 5.11. The van der Waals surface area contributed by atoms with Crippen LogP contribution < -0.4 is 0 Å². The van der Waals surface area contributed by atoms with Crippen LogP contribution in [0.15, 0.2) is 42.6 Å². The molecule has 2 aliphatic heterocycles. The number of hydrogen-bond donors (Lipinski definition) is 3. The lowest BCUT2D eigenvalue weighted by atomic mass is 9.74. The van der Waals surface area contributed by atoms with Gasteiger partial charge in [-0.2, -0.15) is 0 Å². The molecular formula is C18H20N2O3. The van der Waals surface area contributed by atoms with Gasteiger partial charge in [0, 0.05) is 23.6 Å². The fourth-order valence-electron chi connectivity index (χ4n) is 3.93. The van der Waals surface area contributed by atoms with Crippen molar-refractivity contribution in [1.29, 1.82) is 0 Å². The van der Waals surface area contributed by atoms with Crippen molar-refractivity contribution in [1.82, 2.24) is 9.88 Å². The Bertz CT molecular complexity index is 781. The molecule has 3 atom stereocenters. The molecule has 3 unspecified atom stereocenters. The topological polar surface area (TPSA) is 76.6 Å². The standard InChI is InChI=1S/C18H20N2O3/c21-11-18(23)8-12-5-6-16(18)20(10-12)17(22)7-13-9-19-15-4-2-1-3-14(13)15/h1-6,9,12,16,19,21,23H,7-8,10-11H2. The highest BCUT2D eigenvalue weighted by molar-refractivity contribution is 5.89. The van der Waals surface area contributed by atoms with E-state index in [2.05, 4.69) is 4.98 Å². The largest absolute Gasteiger partial charge is 0.393 e. The van der Waals surface area contributed by atoms with Crippen molar-refractivity contribution in [3.05, 3.63) is 48.2 Å². The van der Waals surface area contributed by atoms with Crippen LogP contribution in [-0.4, -0.2) is 50.8 Å². The molecule has 3 N–H and O–H groups in total. The molecule has 5 rings (SSSR count). The molecule has 5 nitrogen and oxygen atoms in total. The Labute approximate surface area is 134 Å². The maximum absolute atomic E-state index is 12.8. The van der Waals surface area contributed by atoms with Crippen molar-refractivity contribution < 1.29 is 15.0 Å². The van der Waals surface area contributed by atoms with E-state index in [1.54, 1.807) is 4.90 Å². The van der Waals surface area contributed by atoms with Crippen LogP contribution in [0.1, 0.15) is 12.0 Å². The number of amides is 1. The number of aliphatic hydroxyl groups excluding tert-OH is 1. The summed E-state index contributed by atoms with van der Waals surface area (Å²) in [5.74, 6) is 0.102. The summed E-state index contributed by atoms with van der Waals surface area (Å²) in [5.41, 5.74) is 0.763. The number of piperidine rings is 1. The molecule has 1 aromatic heterocycles. The van der Waals surface area contributed by atoms with Crippen LogP contribution in [0.2, 0.25) is 0 Å². The van der Waals surface area contributed by atoms with Crippen LogP contribution in [0.25, 0.3) is 10.9 Å². The minimum absolute atomic E-state index is 0.0133. The van der Waals surface area contributed by atoms with Gasteiger partial charge in [-0.25, -0.2) is 0 Å². The van der Waals surface area contributed by atoms with Gasteiger partial charge in [0.2, 0.25) is 5.91 Å². The number of aliphatic hydroxyl groups is 2. The molecule has 120 valence electrons. The lowest BCUT2D eigenvalue weighted by Crippen LogP contribution is -2.64. The Kier molecular flexibility index (Phi) is 3.28. The molecule has 1 aromatic carbocycles. The van der Waals surface area contributed by atoms with Crippen molar-refractivity contribution in [2.45, 2.75) is 24.5 Å². The first-order valence-electron chi connectivity index (χ1n) is 7.97.